The summed E-state index contributed by atoms with van der Waals surface area (Å²) in [5.41, 5.74) is 10.6. The van der Waals surface area contributed by atoms with Gasteiger partial charge in [0.25, 0.3) is 0 Å². The van der Waals surface area contributed by atoms with Crippen molar-refractivity contribution in [3.8, 4) is 33.4 Å². The van der Waals surface area contributed by atoms with Crippen LogP contribution < -0.4 is 4.90 Å². The van der Waals surface area contributed by atoms with Gasteiger partial charge in [0.2, 0.25) is 0 Å². The predicted octanol–water partition coefficient (Wildman–Crippen LogP) is 13.7. The summed E-state index contributed by atoms with van der Waals surface area (Å²) in [6, 6.07) is 68.0. The van der Waals surface area contributed by atoms with Crippen LogP contribution in [0.4, 0.5) is 17.1 Å². The molecular formula is C46H31NS. The Balaban J connectivity index is 1.08. The van der Waals surface area contributed by atoms with Crippen molar-refractivity contribution < 1.29 is 0 Å². The Kier molecular flexibility index (Phi) is 7.07. The number of para-hydroxylation sites is 1. The van der Waals surface area contributed by atoms with Crippen molar-refractivity contribution in [3.63, 3.8) is 0 Å². The lowest BCUT2D eigenvalue weighted by Gasteiger charge is -2.26. The molecule has 0 unspecified atom stereocenters. The van der Waals surface area contributed by atoms with Gasteiger partial charge in [-0.05, 0) is 98.8 Å². The molecule has 0 bridgehead atoms. The molecule has 0 aliphatic rings. The van der Waals surface area contributed by atoms with Crippen molar-refractivity contribution in [1.82, 2.24) is 0 Å². The molecule has 0 spiro atoms. The highest BCUT2D eigenvalue weighted by atomic mass is 32.1. The number of hydrogen-bond donors (Lipinski definition) is 0. The molecule has 0 atom stereocenters. The minimum absolute atomic E-state index is 1.12. The summed E-state index contributed by atoms with van der Waals surface area (Å²) in [6.07, 6.45) is 0. The van der Waals surface area contributed by atoms with Crippen LogP contribution in [0.15, 0.2) is 188 Å². The molecule has 1 aromatic heterocycles. The maximum Gasteiger partial charge on any atom is 0.0467 e. The molecule has 9 rings (SSSR count). The highest BCUT2D eigenvalue weighted by molar-refractivity contribution is 7.26. The van der Waals surface area contributed by atoms with Crippen LogP contribution in [0, 0.1) is 0 Å². The molecule has 2 heteroatoms. The lowest BCUT2D eigenvalue weighted by Crippen LogP contribution is -2.09. The summed E-state index contributed by atoms with van der Waals surface area (Å²) in [6.45, 7) is 0. The van der Waals surface area contributed by atoms with Gasteiger partial charge in [0.15, 0.2) is 0 Å². The van der Waals surface area contributed by atoms with Crippen LogP contribution in [0.1, 0.15) is 0 Å². The van der Waals surface area contributed by atoms with Gasteiger partial charge in [0.05, 0.1) is 0 Å². The number of hydrogen-bond acceptors (Lipinski definition) is 2. The Hall–Kier alpha value is -5.96. The molecule has 9 aromatic rings. The lowest BCUT2D eigenvalue weighted by molar-refractivity contribution is 1.28. The molecule has 48 heavy (non-hydrogen) atoms. The lowest BCUT2D eigenvalue weighted by atomic mass is 9.98. The van der Waals surface area contributed by atoms with Gasteiger partial charge in [-0.15, -0.1) is 11.3 Å². The minimum Gasteiger partial charge on any atom is -0.310 e. The van der Waals surface area contributed by atoms with E-state index < -0.39 is 0 Å². The number of nitrogens with zero attached hydrogens (tertiary/aromatic N) is 1. The average molecular weight is 630 g/mol. The van der Waals surface area contributed by atoms with E-state index >= 15 is 0 Å². The summed E-state index contributed by atoms with van der Waals surface area (Å²) in [5.74, 6) is 0. The highest BCUT2D eigenvalue weighted by Crippen LogP contribution is 2.41. The van der Waals surface area contributed by atoms with E-state index in [0.29, 0.717) is 0 Å². The molecule has 0 aliphatic carbocycles. The Morgan fingerprint density at radius 1 is 0.312 bits per heavy atom. The molecular weight excluding hydrogens is 599 g/mol. The quantitative estimate of drug-likeness (QED) is 0.177. The summed E-state index contributed by atoms with van der Waals surface area (Å²) in [4.78, 5) is 2.34. The first-order valence-corrected chi connectivity index (χ1v) is 17.2. The largest absolute Gasteiger partial charge is 0.310 e. The Morgan fingerprint density at radius 2 is 0.833 bits per heavy atom. The van der Waals surface area contributed by atoms with Crippen molar-refractivity contribution in [3.05, 3.63) is 188 Å². The fourth-order valence-electron chi connectivity index (χ4n) is 6.86. The summed E-state index contributed by atoms with van der Waals surface area (Å²) in [7, 11) is 0. The van der Waals surface area contributed by atoms with E-state index in [1.165, 1.54) is 64.3 Å². The van der Waals surface area contributed by atoms with Gasteiger partial charge in [-0.25, -0.2) is 0 Å². The summed E-state index contributed by atoms with van der Waals surface area (Å²) >= 11 is 1.87. The van der Waals surface area contributed by atoms with Gasteiger partial charge in [-0.1, -0.05) is 133 Å². The molecule has 0 saturated carbocycles. The second-order valence-corrected chi connectivity index (χ2v) is 13.3. The first-order valence-electron chi connectivity index (χ1n) is 16.3. The van der Waals surface area contributed by atoms with E-state index in [4.69, 9.17) is 0 Å². The Morgan fingerprint density at radius 3 is 1.60 bits per heavy atom. The van der Waals surface area contributed by atoms with Crippen LogP contribution in [0.5, 0.6) is 0 Å². The minimum atomic E-state index is 1.12. The summed E-state index contributed by atoms with van der Waals surface area (Å²) < 4.78 is 2.67. The van der Waals surface area contributed by atoms with Crippen molar-refractivity contribution in [1.29, 1.82) is 0 Å². The normalized spacial score (nSPS) is 11.3. The smallest absolute Gasteiger partial charge is 0.0467 e. The van der Waals surface area contributed by atoms with E-state index in [9.17, 15) is 0 Å². The van der Waals surface area contributed by atoms with E-state index in [0.717, 1.165) is 17.1 Å². The second kappa shape index (κ2) is 12.0. The van der Waals surface area contributed by atoms with Crippen LogP contribution in [0.2, 0.25) is 0 Å². The third-order valence-electron chi connectivity index (χ3n) is 9.26. The van der Waals surface area contributed by atoms with E-state index in [1.807, 2.05) is 11.3 Å². The molecule has 0 amide bonds. The van der Waals surface area contributed by atoms with Gasteiger partial charge >= 0.3 is 0 Å². The molecule has 1 heterocycles. The molecule has 1 nitrogen and oxygen atoms in total. The molecule has 8 aromatic carbocycles. The fraction of sp³-hybridized carbons (Fsp3) is 0. The third-order valence-corrected chi connectivity index (χ3v) is 10.4. The second-order valence-electron chi connectivity index (χ2n) is 12.2. The first-order chi connectivity index (χ1) is 23.8. The van der Waals surface area contributed by atoms with E-state index in [2.05, 4.69) is 193 Å². The topological polar surface area (TPSA) is 3.24 Å². The van der Waals surface area contributed by atoms with Gasteiger partial charge in [0, 0.05) is 37.2 Å². The Labute approximate surface area is 284 Å². The molecule has 0 aliphatic heterocycles. The van der Waals surface area contributed by atoms with Crippen LogP contribution >= 0.6 is 11.3 Å². The monoisotopic (exact) mass is 629 g/mol. The van der Waals surface area contributed by atoms with Crippen LogP contribution in [-0.4, -0.2) is 0 Å². The van der Waals surface area contributed by atoms with E-state index in [-0.39, 0.29) is 0 Å². The Bertz CT molecular complexity index is 2530. The van der Waals surface area contributed by atoms with Crippen molar-refractivity contribution in [2.24, 2.45) is 0 Å². The van der Waals surface area contributed by atoms with Crippen LogP contribution in [0.3, 0.4) is 0 Å². The predicted molar refractivity (Wildman–Crippen MR) is 208 cm³/mol. The molecule has 226 valence electrons. The van der Waals surface area contributed by atoms with Gasteiger partial charge in [0.1, 0.15) is 0 Å². The summed E-state index contributed by atoms with van der Waals surface area (Å²) in [5, 5.41) is 5.28. The SMILES string of the molecule is c1ccc(-c2ccc(-c3cccc(N(c4ccccc4)c4ccc(-c5ccc6ccc7sc8ccccc8c7c6c5)cc4)c3)cc2)cc1. The highest BCUT2D eigenvalue weighted by Gasteiger charge is 2.15. The van der Waals surface area contributed by atoms with Gasteiger partial charge in [-0.3, -0.25) is 0 Å². The first kappa shape index (κ1) is 28.3. The number of benzene rings is 8. The van der Waals surface area contributed by atoms with Crippen molar-refractivity contribution in [2.45, 2.75) is 0 Å². The van der Waals surface area contributed by atoms with Crippen LogP contribution in [0.25, 0.3) is 64.3 Å². The number of rotatable bonds is 6. The van der Waals surface area contributed by atoms with Crippen LogP contribution in [-0.2, 0) is 0 Å². The standard InChI is InChI=1S/C46H31NS/c1-3-10-32(11-4-1)33-18-20-34(21-19-33)37-12-9-15-41(30-37)47(39-13-5-2-6-14-39)40-27-24-35(25-28-40)38-23-22-36-26-29-45-46(43(36)31-38)42-16-7-8-17-44(42)48-45/h1-31H. The zero-order valence-electron chi connectivity index (χ0n) is 26.3. The van der Waals surface area contributed by atoms with E-state index in [1.54, 1.807) is 0 Å². The third kappa shape index (κ3) is 5.13. The van der Waals surface area contributed by atoms with Crippen molar-refractivity contribution in [2.75, 3.05) is 4.90 Å². The number of thiophene rings is 1. The zero-order valence-corrected chi connectivity index (χ0v) is 27.1. The van der Waals surface area contributed by atoms with Gasteiger partial charge < -0.3 is 4.90 Å². The molecule has 0 radical (unpaired) electrons. The molecule has 0 fully saturated rings. The van der Waals surface area contributed by atoms with Crippen molar-refractivity contribution >= 4 is 59.3 Å². The fourth-order valence-corrected chi connectivity index (χ4v) is 7.98. The zero-order chi connectivity index (χ0) is 31.9. The molecule has 0 saturated heterocycles. The maximum absolute atomic E-state index is 2.37. The number of anilines is 3. The molecule has 0 N–H and O–H groups in total. The maximum atomic E-state index is 2.37. The van der Waals surface area contributed by atoms with Gasteiger partial charge in [-0.2, -0.15) is 0 Å². The average Bonchev–Trinajstić information content (AvgIpc) is 3.55. The number of fused-ring (bicyclic) bond motifs is 5.